The third-order valence-electron chi connectivity index (χ3n) is 3.85. The van der Waals surface area contributed by atoms with Gasteiger partial charge in [0, 0.05) is 16.4 Å². The summed E-state index contributed by atoms with van der Waals surface area (Å²) in [4.78, 5) is 24.2. The molecular weight excluding hydrogens is 385 g/mol. The Kier molecular flexibility index (Phi) is 5.96. The van der Waals surface area contributed by atoms with Gasteiger partial charge in [0.05, 0.1) is 12.0 Å². The highest BCUT2D eigenvalue weighted by Crippen LogP contribution is 2.20. The van der Waals surface area contributed by atoms with Gasteiger partial charge in [-0.3, -0.25) is 9.59 Å². The molecule has 28 heavy (non-hydrogen) atoms. The molecule has 1 unspecified atom stereocenters. The van der Waals surface area contributed by atoms with Crippen LogP contribution in [0.5, 0.6) is 0 Å². The lowest BCUT2D eigenvalue weighted by Gasteiger charge is -2.16. The van der Waals surface area contributed by atoms with Crippen molar-refractivity contribution in [2.45, 2.75) is 13.0 Å². The number of benzene rings is 2. The van der Waals surface area contributed by atoms with Gasteiger partial charge in [-0.05, 0) is 61.5 Å². The number of hydrogen-bond donors (Lipinski definition) is 3. The Labute approximate surface area is 165 Å². The smallest absolute Gasteiger partial charge is 0.291 e. The summed E-state index contributed by atoms with van der Waals surface area (Å²) in [6.07, 6.45) is 1.42. The summed E-state index contributed by atoms with van der Waals surface area (Å²) in [6, 6.07) is 13.4. The van der Waals surface area contributed by atoms with Crippen LogP contribution in [-0.4, -0.2) is 17.9 Å². The van der Waals surface area contributed by atoms with E-state index >= 15 is 0 Å². The van der Waals surface area contributed by atoms with E-state index in [2.05, 4.69) is 16.0 Å². The van der Waals surface area contributed by atoms with Gasteiger partial charge in [0.25, 0.3) is 5.91 Å². The third kappa shape index (κ3) is 4.89. The second kappa shape index (κ2) is 8.58. The molecule has 6 nitrogen and oxygen atoms in total. The molecule has 0 saturated carbocycles. The largest absolute Gasteiger partial charge is 0.459 e. The van der Waals surface area contributed by atoms with E-state index in [-0.39, 0.29) is 22.4 Å². The molecule has 1 atom stereocenters. The number of nitrogens with one attached hydrogen (secondary N) is 3. The quantitative estimate of drug-likeness (QED) is 0.556. The van der Waals surface area contributed by atoms with E-state index in [1.54, 1.807) is 43.3 Å². The van der Waals surface area contributed by atoms with Gasteiger partial charge >= 0.3 is 0 Å². The molecule has 0 radical (unpaired) electrons. The molecule has 2 amide bonds. The number of anilines is 3. The fourth-order valence-corrected chi connectivity index (χ4v) is 2.56. The molecule has 0 saturated heterocycles. The molecule has 0 aliphatic heterocycles. The normalized spacial score (nSPS) is 11.5. The van der Waals surface area contributed by atoms with Crippen molar-refractivity contribution in [2.75, 3.05) is 16.0 Å². The highest BCUT2D eigenvalue weighted by atomic mass is 35.5. The van der Waals surface area contributed by atoms with Crippen molar-refractivity contribution < 1.29 is 18.4 Å². The monoisotopic (exact) mass is 401 g/mol. The first kappa shape index (κ1) is 19.4. The van der Waals surface area contributed by atoms with E-state index in [0.717, 1.165) is 6.07 Å². The van der Waals surface area contributed by atoms with Crippen LogP contribution >= 0.6 is 11.6 Å². The highest BCUT2D eigenvalue weighted by molar-refractivity contribution is 6.30. The molecule has 0 fully saturated rings. The van der Waals surface area contributed by atoms with Gasteiger partial charge < -0.3 is 20.4 Å². The summed E-state index contributed by atoms with van der Waals surface area (Å²) < 4.78 is 18.8. The second-order valence-electron chi connectivity index (χ2n) is 5.99. The van der Waals surface area contributed by atoms with Crippen molar-refractivity contribution in [3.05, 3.63) is 77.5 Å². The van der Waals surface area contributed by atoms with E-state index in [9.17, 15) is 14.0 Å². The van der Waals surface area contributed by atoms with Crippen LogP contribution in [0.15, 0.2) is 65.3 Å². The Hall–Kier alpha value is -3.32. The lowest BCUT2D eigenvalue weighted by Crippen LogP contribution is -2.32. The van der Waals surface area contributed by atoms with Gasteiger partial charge in [-0.1, -0.05) is 11.6 Å². The van der Waals surface area contributed by atoms with Crippen LogP contribution in [0.3, 0.4) is 0 Å². The average Bonchev–Trinajstić information content (AvgIpc) is 3.20. The van der Waals surface area contributed by atoms with Crippen LogP contribution in [0.25, 0.3) is 0 Å². The first-order valence-electron chi connectivity index (χ1n) is 8.40. The number of carbonyl (C=O) groups is 2. The van der Waals surface area contributed by atoms with Crippen molar-refractivity contribution in [2.24, 2.45) is 0 Å². The van der Waals surface area contributed by atoms with E-state index in [1.165, 1.54) is 18.4 Å². The van der Waals surface area contributed by atoms with Crippen LogP contribution < -0.4 is 16.0 Å². The lowest BCUT2D eigenvalue weighted by molar-refractivity contribution is -0.116. The minimum absolute atomic E-state index is 0.0547. The molecule has 2 aromatic carbocycles. The molecule has 0 spiro atoms. The minimum Gasteiger partial charge on any atom is -0.459 e. The fourth-order valence-electron chi connectivity index (χ4n) is 2.40. The Bertz CT molecular complexity index is 975. The number of halogens is 2. The molecule has 1 heterocycles. The van der Waals surface area contributed by atoms with Crippen LogP contribution in [-0.2, 0) is 4.79 Å². The zero-order chi connectivity index (χ0) is 20.1. The Morgan fingerprint density at radius 2 is 1.75 bits per heavy atom. The average molecular weight is 402 g/mol. The van der Waals surface area contributed by atoms with Crippen molar-refractivity contribution >= 4 is 40.5 Å². The van der Waals surface area contributed by atoms with Gasteiger partial charge in [0.2, 0.25) is 5.91 Å². The van der Waals surface area contributed by atoms with Gasteiger partial charge in [0.15, 0.2) is 5.76 Å². The summed E-state index contributed by atoms with van der Waals surface area (Å²) in [6.45, 7) is 1.65. The summed E-state index contributed by atoms with van der Waals surface area (Å²) in [7, 11) is 0. The number of carbonyl (C=O) groups excluding carboxylic acids is 2. The lowest BCUT2D eigenvalue weighted by atomic mass is 10.2. The molecule has 8 heteroatoms. The van der Waals surface area contributed by atoms with E-state index < -0.39 is 17.8 Å². The second-order valence-corrected chi connectivity index (χ2v) is 6.42. The standard InChI is InChI=1S/C20H17ClFN3O3/c1-12(19(26)25-17-9-4-13(21)11-16(17)22)23-14-5-7-15(8-6-14)24-20(27)18-3-2-10-28-18/h2-12,23H,1H3,(H,24,27)(H,25,26). The Morgan fingerprint density at radius 3 is 2.39 bits per heavy atom. The van der Waals surface area contributed by atoms with E-state index in [0.29, 0.717) is 11.4 Å². The number of furan rings is 1. The number of hydrogen-bond acceptors (Lipinski definition) is 4. The molecular formula is C20H17ClFN3O3. The van der Waals surface area contributed by atoms with Crippen LogP contribution in [0.1, 0.15) is 17.5 Å². The van der Waals surface area contributed by atoms with Crippen molar-refractivity contribution in [3.8, 4) is 0 Å². The predicted octanol–water partition coefficient (Wildman–Crippen LogP) is 4.76. The van der Waals surface area contributed by atoms with Crippen LogP contribution in [0.4, 0.5) is 21.5 Å². The van der Waals surface area contributed by atoms with Gasteiger partial charge in [0.1, 0.15) is 11.9 Å². The Morgan fingerprint density at radius 1 is 1.04 bits per heavy atom. The predicted molar refractivity (Wildman–Crippen MR) is 106 cm³/mol. The van der Waals surface area contributed by atoms with Gasteiger partial charge in [-0.25, -0.2) is 4.39 Å². The molecule has 0 bridgehead atoms. The highest BCUT2D eigenvalue weighted by Gasteiger charge is 2.15. The molecule has 3 aromatic rings. The van der Waals surface area contributed by atoms with E-state index in [4.69, 9.17) is 16.0 Å². The van der Waals surface area contributed by atoms with Crippen molar-refractivity contribution in [1.82, 2.24) is 0 Å². The SMILES string of the molecule is CC(Nc1ccc(NC(=O)c2ccco2)cc1)C(=O)Nc1ccc(Cl)cc1F. The summed E-state index contributed by atoms with van der Waals surface area (Å²) in [5, 5.41) is 8.47. The maximum Gasteiger partial charge on any atom is 0.291 e. The zero-order valence-electron chi connectivity index (χ0n) is 14.8. The maximum absolute atomic E-state index is 13.8. The molecule has 0 aliphatic rings. The first-order chi connectivity index (χ1) is 13.4. The van der Waals surface area contributed by atoms with Crippen LogP contribution in [0.2, 0.25) is 5.02 Å². The summed E-state index contributed by atoms with van der Waals surface area (Å²) in [5.74, 6) is -1.16. The fraction of sp³-hybridized carbons (Fsp3) is 0.100. The molecule has 3 N–H and O–H groups in total. The summed E-state index contributed by atoms with van der Waals surface area (Å²) in [5.41, 5.74) is 1.29. The molecule has 144 valence electrons. The molecule has 3 rings (SSSR count). The van der Waals surface area contributed by atoms with Gasteiger partial charge in [-0.2, -0.15) is 0 Å². The maximum atomic E-state index is 13.8. The summed E-state index contributed by atoms with van der Waals surface area (Å²) >= 11 is 5.70. The zero-order valence-corrected chi connectivity index (χ0v) is 15.6. The minimum atomic E-state index is -0.626. The van der Waals surface area contributed by atoms with Crippen molar-refractivity contribution in [1.29, 1.82) is 0 Å². The van der Waals surface area contributed by atoms with Gasteiger partial charge in [-0.15, -0.1) is 0 Å². The topological polar surface area (TPSA) is 83.4 Å². The number of amides is 2. The first-order valence-corrected chi connectivity index (χ1v) is 8.77. The van der Waals surface area contributed by atoms with E-state index in [1.807, 2.05) is 0 Å². The molecule has 1 aromatic heterocycles. The van der Waals surface area contributed by atoms with Crippen molar-refractivity contribution in [3.63, 3.8) is 0 Å². The Balaban J connectivity index is 1.57. The third-order valence-corrected chi connectivity index (χ3v) is 4.09. The number of rotatable bonds is 6. The molecule has 0 aliphatic carbocycles. The van der Waals surface area contributed by atoms with Crippen LogP contribution in [0, 0.1) is 5.82 Å².